The van der Waals surface area contributed by atoms with Crippen LogP contribution >= 0.6 is 0 Å². The van der Waals surface area contributed by atoms with Crippen LogP contribution in [0.25, 0.3) is 10.9 Å². The second kappa shape index (κ2) is 7.88. The molecule has 0 aliphatic heterocycles. The van der Waals surface area contributed by atoms with Crippen LogP contribution in [0.2, 0.25) is 0 Å². The zero-order chi connectivity index (χ0) is 19.5. The summed E-state index contributed by atoms with van der Waals surface area (Å²) in [6.45, 7) is 1.95. The van der Waals surface area contributed by atoms with Gasteiger partial charge in [-0.1, -0.05) is 6.07 Å². The van der Waals surface area contributed by atoms with Gasteiger partial charge in [0.2, 0.25) is 11.8 Å². The van der Waals surface area contributed by atoms with Crippen molar-refractivity contribution in [3.8, 4) is 11.6 Å². The third-order valence-electron chi connectivity index (χ3n) is 5.09. The van der Waals surface area contributed by atoms with Crippen molar-refractivity contribution in [1.82, 2.24) is 15.0 Å². The monoisotopic (exact) mass is 379 g/mol. The van der Waals surface area contributed by atoms with Crippen LogP contribution in [-0.2, 0) is 0 Å². The van der Waals surface area contributed by atoms with Crippen molar-refractivity contribution in [2.24, 2.45) is 0 Å². The van der Waals surface area contributed by atoms with Gasteiger partial charge in [0, 0.05) is 29.7 Å². The number of pyridine rings is 1. The summed E-state index contributed by atoms with van der Waals surface area (Å²) in [5, 5.41) is 4.30. The number of rotatable bonds is 5. The van der Waals surface area contributed by atoms with Crippen LogP contribution in [0.4, 0.5) is 11.6 Å². The number of anilines is 2. The van der Waals surface area contributed by atoms with Crippen LogP contribution < -0.4 is 20.5 Å². The van der Waals surface area contributed by atoms with E-state index in [0.29, 0.717) is 23.6 Å². The molecule has 3 aromatic rings. The summed E-state index contributed by atoms with van der Waals surface area (Å²) in [5.41, 5.74) is 8.74. The molecule has 0 spiro atoms. The van der Waals surface area contributed by atoms with E-state index in [1.54, 1.807) is 19.4 Å². The SMILES string of the molecule is COc1ccnc(N[C@H]2CC[C@H](Oc3cccc4nc(C)cc(N)c34)CC2)n1. The van der Waals surface area contributed by atoms with Gasteiger partial charge in [-0.05, 0) is 50.8 Å². The molecule has 1 aromatic carbocycles. The molecule has 0 saturated heterocycles. The fourth-order valence-corrected chi connectivity index (χ4v) is 3.73. The topological polar surface area (TPSA) is 95.2 Å². The predicted octanol–water partition coefficient (Wildman–Crippen LogP) is 3.73. The molecule has 0 unspecified atom stereocenters. The quantitative estimate of drug-likeness (QED) is 0.697. The van der Waals surface area contributed by atoms with Crippen LogP contribution in [-0.4, -0.2) is 34.2 Å². The molecule has 3 N–H and O–H groups in total. The second-order valence-corrected chi connectivity index (χ2v) is 7.16. The Balaban J connectivity index is 1.40. The first kappa shape index (κ1) is 18.3. The summed E-state index contributed by atoms with van der Waals surface area (Å²) in [5.74, 6) is 1.98. The van der Waals surface area contributed by atoms with Crippen molar-refractivity contribution >= 4 is 22.5 Å². The first-order valence-electron chi connectivity index (χ1n) is 9.58. The Morgan fingerprint density at radius 3 is 2.71 bits per heavy atom. The number of aryl methyl sites for hydroxylation is 1. The zero-order valence-electron chi connectivity index (χ0n) is 16.2. The molecule has 7 heteroatoms. The molecule has 0 atom stereocenters. The Morgan fingerprint density at radius 1 is 1.11 bits per heavy atom. The van der Waals surface area contributed by atoms with Crippen LogP contribution in [0.5, 0.6) is 11.6 Å². The van der Waals surface area contributed by atoms with Crippen molar-refractivity contribution in [2.45, 2.75) is 44.8 Å². The molecule has 1 fully saturated rings. The highest BCUT2D eigenvalue weighted by Gasteiger charge is 2.24. The molecule has 4 rings (SSSR count). The number of fused-ring (bicyclic) bond motifs is 1. The normalized spacial score (nSPS) is 19.4. The number of aromatic nitrogens is 3. The Labute approximate surface area is 164 Å². The molecule has 0 radical (unpaired) electrons. The van der Waals surface area contributed by atoms with E-state index in [9.17, 15) is 0 Å². The second-order valence-electron chi connectivity index (χ2n) is 7.16. The Kier molecular flexibility index (Phi) is 5.14. The minimum Gasteiger partial charge on any atom is -0.490 e. The van der Waals surface area contributed by atoms with E-state index in [1.807, 2.05) is 31.2 Å². The van der Waals surface area contributed by atoms with E-state index in [-0.39, 0.29) is 6.10 Å². The van der Waals surface area contributed by atoms with E-state index < -0.39 is 0 Å². The number of methoxy groups -OCH3 is 1. The maximum atomic E-state index is 6.33. The molecule has 7 nitrogen and oxygen atoms in total. The molecular weight excluding hydrogens is 354 g/mol. The number of nitrogen functional groups attached to an aromatic ring is 1. The van der Waals surface area contributed by atoms with Crippen molar-refractivity contribution in [2.75, 3.05) is 18.2 Å². The average molecular weight is 379 g/mol. The largest absolute Gasteiger partial charge is 0.490 e. The van der Waals surface area contributed by atoms with Crippen LogP contribution in [0, 0.1) is 6.92 Å². The molecule has 28 heavy (non-hydrogen) atoms. The van der Waals surface area contributed by atoms with Crippen molar-refractivity contribution in [1.29, 1.82) is 0 Å². The number of nitrogens with zero attached hydrogens (tertiary/aromatic N) is 3. The minimum absolute atomic E-state index is 0.163. The molecule has 2 aromatic heterocycles. The van der Waals surface area contributed by atoms with Gasteiger partial charge in [-0.3, -0.25) is 4.98 Å². The number of benzene rings is 1. The number of hydrogen-bond acceptors (Lipinski definition) is 7. The predicted molar refractivity (Wildman–Crippen MR) is 110 cm³/mol. The lowest BCUT2D eigenvalue weighted by Gasteiger charge is -2.30. The van der Waals surface area contributed by atoms with E-state index >= 15 is 0 Å². The number of nitrogens with one attached hydrogen (secondary N) is 1. The van der Waals surface area contributed by atoms with Crippen LogP contribution in [0.3, 0.4) is 0 Å². The van der Waals surface area contributed by atoms with E-state index in [2.05, 4.69) is 20.3 Å². The van der Waals surface area contributed by atoms with Gasteiger partial charge in [0.1, 0.15) is 5.75 Å². The Morgan fingerprint density at radius 2 is 1.93 bits per heavy atom. The smallest absolute Gasteiger partial charge is 0.226 e. The minimum atomic E-state index is 0.163. The lowest BCUT2D eigenvalue weighted by molar-refractivity contribution is 0.152. The lowest BCUT2D eigenvalue weighted by atomic mass is 9.93. The van der Waals surface area contributed by atoms with Gasteiger partial charge in [-0.15, -0.1) is 0 Å². The summed E-state index contributed by atoms with van der Waals surface area (Å²) in [7, 11) is 1.60. The van der Waals surface area contributed by atoms with Gasteiger partial charge in [0.25, 0.3) is 0 Å². The molecule has 146 valence electrons. The number of hydrogen-bond donors (Lipinski definition) is 2. The van der Waals surface area contributed by atoms with Crippen molar-refractivity contribution < 1.29 is 9.47 Å². The summed E-state index contributed by atoms with van der Waals surface area (Å²) in [6.07, 6.45) is 5.75. The molecule has 1 aliphatic rings. The first-order valence-corrected chi connectivity index (χ1v) is 9.58. The zero-order valence-corrected chi connectivity index (χ0v) is 16.2. The fourth-order valence-electron chi connectivity index (χ4n) is 3.73. The maximum absolute atomic E-state index is 6.33. The molecular formula is C21H25N5O2. The summed E-state index contributed by atoms with van der Waals surface area (Å²) < 4.78 is 11.5. The van der Waals surface area contributed by atoms with Gasteiger partial charge in [0.15, 0.2) is 0 Å². The molecule has 0 bridgehead atoms. The summed E-state index contributed by atoms with van der Waals surface area (Å²) >= 11 is 0. The maximum Gasteiger partial charge on any atom is 0.226 e. The average Bonchev–Trinajstić information content (AvgIpc) is 2.69. The van der Waals surface area contributed by atoms with E-state index in [1.165, 1.54) is 0 Å². The molecule has 0 amide bonds. The van der Waals surface area contributed by atoms with Gasteiger partial charge in [-0.2, -0.15) is 4.98 Å². The Bertz CT molecular complexity index is 970. The number of ether oxygens (including phenoxy) is 2. The summed E-state index contributed by atoms with van der Waals surface area (Å²) in [6, 6.07) is 9.88. The highest BCUT2D eigenvalue weighted by atomic mass is 16.5. The van der Waals surface area contributed by atoms with Gasteiger partial charge >= 0.3 is 0 Å². The molecule has 2 heterocycles. The first-order chi connectivity index (χ1) is 13.6. The summed E-state index contributed by atoms with van der Waals surface area (Å²) in [4.78, 5) is 13.2. The standard InChI is InChI=1S/C21H25N5O2/c1-13-12-16(22)20-17(24-13)4-3-5-18(20)28-15-8-6-14(7-9-15)25-21-23-11-10-19(26-21)27-2/h3-5,10-12,14-15H,6-9H2,1-2H3,(H2,22,24)(H,23,25,26)/t14-,15-. The highest BCUT2D eigenvalue weighted by Crippen LogP contribution is 2.33. The van der Waals surface area contributed by atoms with Crippen molar-refractivity contribution in [3.05, 3.63) is 42.2 Å². The van der Waals surface area contributed by atoms with Gasteiger partial charge in [-0.25, -0.2) is 4.98 Å². The Hall–Kier alpha value is -3.09. The van der Waals surface area contributed by atoms with Gasteiger partial charge < -0.3 is 20.5 Å². The lowest BCUT2D eigenvalue weighted by Crippen LogP contribution is -2.31. The molecule has 1 aliphatic carbocycles. The third kappa shape index (κ3) is 3.93. The molecule has 1 saturated carbocycles. The van der Waals surface area contributed by atoms with Crippen LogP contribution in [0.15, 0.2) is 36.5 Å². The fraction of sp³-hybridized carbons (Fsp3) is 0.381. The van der Waals surface area contributed by atoms with Crippen LogP contribution in [0.1, 0.15) is 31.4 Å². The van der Waals surface area contributed by atoms with Gasteiger partial charge in [0.05, 0.1) is 24.1 Å². The van der Waals surface area contributed by atoms with E-state index in [0.717, 1.165) is 48.0 Å². The number of nitrogens with two attached hydrogens (primary N) is 1. The highest BCUT2D eigenvalue weighted by molar-refractivity contribution is 5.95. The van der Waals surface area contributed by atoms with Crippen molar-refractivity contribution in [3.63, 3.8) is 0 Å². The third-order valence-corrected chi connectivity index (χ3v) is 5.09. The van der Waals surface area contributed by atoms with E-state index in [4.69, 9.17) is 15.2 Å².